The summed E-state index contributed by atoms with van der Waals surface area (Å²) in [6.45, 7) is 2.57. The smallest absolute Gasteiger partial charge is 0.263 e. The number of thiazole rings is 1. The fourth-order valence-electron chi connectivity index (χ4n) is 3.59. The molecule has 2 aromatic rings. The minimum Gasteiger partial charge on any atom is -0.356 e. The molecule has 1 fully saturated rings. The van der Waals surface area contributed by atoms with Crippen LogP contribution in [-0.2, 0) is 21.2 Å². The van der Waals surface area contributed by atoms with E-state index in [0.29, 0.717) is 17.3 Å². The van der Waals surface area contributed by atoms with Gasteiger partial charge in [-0.1, -0.05) is 30.9 Å². The van der Waals surface area contributed by atoms with E-state index in [2.05, 4.69) is 20.3 Å². The Labute approximate surface area is 193 Å². The van der Waals surface area contributed by atoms with Gasteiger partial charge in [0.05, 0.1) is 17.0 Å². The van der Waals surface area contributed by atoms with E-state index in [9.17, 15) is 13.2 Å². The summed E-state index contributed by atoms with van der Waals surface area (Å²) in [7, 11) is -3.74. The van der Waals surface area contributed by atoms with Gasteiger partial charge in [0.2, 0.25) is 5.91 Å². The van der Waals surface area contributed by atoms with Crippen LogP contribution in [-0.4, -0.2) is 38.9 Å². The lowest BCUT2D eigenvalue weighted by Crippen LogP contribution is -2.30. The lowest BCUT2D eigenvalue weighted by Gasteiger charge is -2.21. The molecule has 0 spiro atoms. The lowest BCUT2D eigenvalue weighted by atomic mass is 9.89. The highest BCUT2D eigenvalue weighted by Crippen LogP contribution is 2.23. The number of nitrogens with one attached hydrogen (secondary N) is 3. The molecule has 1 amide bonds. The molecule has 0 radical (unpaired) electrons. The Morgan fingerprint density at radius 1 is 1.13 bits per heavy atom. The van der Waals surface area contributed by atoms with E-state index in [1.54, 1.807) is 5.38 Å². The van der Waals surface area contributed by atoms with Gasteiger partial charge in [0.15, 0.2) is 5.13 Å². The zero-order valence-electron chi connectivity index (χ0n) is 17.4. The number of aromatic nitrogens is 1. The van der Waals surface area contributed by atoms with Gasteiger partial charge in [-0.3, -0.25) is 9.52 Å². The SMILES string of the molecule is O=C(Cc1csc(NS(=O)(=O)c2ccc(Cl)cc2)n1)NCCCNCC1CCCCC1. The Kier molecular flexibility index (Phi) is 9.13. The van der Waals surface area contributed by atoms with Crippen LogP contribution in [0.15, 0.2) is 34.5 Å². The van der Waals surface area contributed by atoms with Crippen molar-refractivity contribution in [2.45, 2.75) is 49.8 Å². The molecule has 0 saturated heterocycles. The average molecular weight is 485 g/mol. The first-order valence-corrected chi connectivity index (χ1v) is 13.4. The molecular formula is C21H29ClN4O3S2. The second-order valence-corrected chi connectivity index (χ2v) is 10.8. The zero-order valence-corrected chi connectivity index (χ0v) is 19.8. The van der Waals surface area contributed by atoms with Crippen LogP contribution in [0.2, 0.25) is 5.02 Å². The molecule has 1 aromatic carbocycles. The first kappa shape index (κ1) is 24.0. The minimum absolute atomic E-state index is 0.100. The van der Waals surface area contributed by atoms with Gasteiger partial charge < -0.3 is 10.6 Å². The fourth-order valence-corrected chi connectivity index (χ4v) is 5.68. The number of benzene rings is 1. The van der Waals surface area contributed by atoms with Gasteiger partial charge in [0.25, 0.3) is 10.0 Å². The number of hydrogen-bond acceptors (Lipinski definition) is 6. The second-order valence-electron chi connectivity index (χ2n) is 7.79. The van der Waals surface area contributed by atoms with Crippen molar-refractivity contribution < 1.29 is 13.2 Å². The molecule has 0 atom stereocenters. The van der Waals surface area contributed by atoms with Crippen LogP contribution in [0.1, 0.15) is 44.2 Å². The Morgan fingerprint density at radius 2 is 1.87 bits per heavy atom. The first-order chi connectivity index (χ1) is 14.9. The van der Waals surface area contributed by atoms with Gasteiger partial charge in [0, 0.05) is 16.9 Å². The highest BCUT2D eigenvalue weighted by molar-refractivity contribution is 7.93. The summed E-state index contributed by atoms with van der Waals surface area (Å²) in [6.07, 6.45) is 7.73. The summed E-state index contributed by atoms with van der Waals surface area (Å²) < 4.78 is 27.2. The maximum atomic E-state index is 12.4. The molecule has 10 heteroatoms. The van der Waals surface area contributed by atoms with Crippen molar-refractivity contribution in [1.82, 2.24) is 15.6 Å². The van der Waals surface area contributed by atoms with Crippen molar-refractivity contribution in [3.63, 3.8) is 0 Å². The monoisotopic (exact) mass is 484 g/mol. The van der Waals surface area contributed by atoms with E-state index < -0.39 is 10.0 Å². The summed E-state index contributed by atoms with van der Waals surface area (Å²) in [5.74, 6) is 0.684. The van der Waals surface area contributed by atoms with Crippen LogP contribution in [0, 0.1) is 5.92 Å². The molecule has 1 aliphatic rings. The summed E-state index contributed by atoms with van der Waals surface area (Å²) in [5, 5.41) is 8.75. The van der Waals surface area contributed by atoms with Crippen LogP contribution in [0.25, 0.3) is 0 Å². The molecule has 0 bridgehead atoms. The van der Waals surface area contributed by atoms with Crippen LogP contribution < -0.4 is 15.4 Å². The van der Waals surface area contributed by atoms with Crippen molar-refractivity contribution >= 4 is 44.0 Å². The highest BCUT2D eigenvalue weighted by Gasteiger charge is 2.17. The molecule has 1 heterocycles. The third-order valence-electron chi connectivity index (χ3n) is 5.25. The number of carbonyl (C=O) groups is 1. The predicted octanol–water partition coefficient (Wildman–Crippen LogP) is 3.82. The highest BCUT2D eigenvalue weighted by atomic mass is 35.5. The molecule has 1 saturated carbocycles. The standard InChI is InChI=1S/C21H29ClN4O3S2/c22-17-7-9-19(10-8-17)31(28,29)26-21-25-18(15-30-21)13-20(27)24-12-4-11-23-14-16-5-2-1-3-6-16/h7-10,15-16,23H,1-6,11-14H2,(H,24,27)(H,25,26). The van der Waals surface area contributed by atoms with Crippen molar-refractivity contribution in [3.05, 3.63) is 40.4 Å². The van der Waals surface area contributed by atoms with Crippen LogP contribution in [0.3, 0.4) is 0 Å². The molecule has 0 unspecified atom stereocenters. The molecule has 7 nitrogen and oxygen atoms in total. The summed E-state index contributed by atoms with van der Waals surface area (Å²) >= 11 is 6.95. The molecule has 170 valence electrons. The van der Waals surface area contributed by atoms with E-state index >= 15 is 0 Å². The summed E-state index contributed by atoms with van der Waals surface area (Å²) in [6, 6.07) is 5.88. The Morgan fingerprint density at radius 3 is 2.61 bits per heavy atom. The lowest BCUT2D eigenvalue weighted by molar-refractivity contribution is -0.120. The van der Waals surface area contributed by atoms with E-state index in [1.807, 2.05) is 0 Å². The van der Waals surface area contributed by atoms with Gasteiger partial charge in [0.1, 0.15) is 0 Å². The van der Waals surface area contributed by atoms with Gasteiger partial charge in [-0.15, -0.1) is 11.3 Å². The van der Waals surface area contributed by atoms with Gasteiger partial charge in [-0.2, -0.15) is 0 Å². The third-order valence-corrected chi connectivity index (χ3v) is 7.79. The molecule has 1 aliphatic carbocycles. The van der Waals surface area contributed by atoms with E-state index in [-0.39, 0.29) is 22.4 Å². The van der Waals surface area contributed by atoms with Crippen LogP contribution in [0.5, 0.6) is 0 Å². The molecule has 1 aromatic heterocycles. The van der Waals surface area contributed by atoms with Gasteiger partial charge in [-0.05, 0) is 62.5 Å². The van der Waals surface area contributed by atoms with Gasteiger partial charge >= 0.3 is 0 Å². The van der Waals surface area contributed by atoms with Crippen molar-refractivity contribution in [2.24, 2.45) is 5.92 Å². The van der Waals surface area contributed by atoms with Crippen LogP contribution >= 0.6 is 22.9 Å². The maximum absolute atomic E-state index is 12.4. The quantitative estimate of drug-likeness (QED) is 0.421. The minimum atomic E-state index is -3.74. The van der Waals surface area contributed by atoms with Crippen LogP contribution in [0.4, 0.5) is 5.13 Å². The molecular weight excluding hydrogens is 456 g/mol. The number of anilines is 1. The average Bonchev–Trinajstić information content (AvgIpc) is 3.17. The summed E-state index contributed by atoms with van der Waals surface area (Å²) in [4.78, 5) is 16.4. The van der Waals surface area contributed by atoms with Crippen molar-refractivity contribution in [2.75, 3.05) is 24.4 Å². The fraction of sp³-hybridized carbons (Fsp3) is 0.524. The molecule has 3 rings (SSSR count). The number of carbonyl (C=O) groups excluding carboxylic acids is 1. The number of halogens is 1. The van der Waals surface area contributed by atoms with E-state index in [0.717, 1.165) is 36.8 Å². The largest absolute Gasteiger partial charge is 0.356 e. The second kappa shape index (κ2) is 11.8. The van der Waals surface area contributed by atoms with E-state index in [4.69, 9.17) is 11.6 Å². The summed E-state index contributed by atoms with van der Waals surface area (Å²) in [5.41, 5.74) is 0.534. The predicted molar refractivity (Wildman–Crippen MR) is 125 cm³/mol. The normalized spacial score (nSPS) is 15.0. The number of sulfonamides is 1. The number of nitrogens with zero attached hydrogens (tertiary/aromatic N) is 1. The Bertz CT molecular complexity index is 942. The van der Waals surface area contributed by atoms with E-state index in [1.165, 1.54) is 56.4 Å². The van der Waals surface area contributed by atoms with Crippen molar-refractivity contribution in [3.8, 4) is 0 Å². The number of rotatable bonds is 11. The molecule has 3 N–H and O–H groups in total. The number of amides is 1. The first-order valence-electron chi connectivity index (χ1n) is 10.6. The molecule has 0 aliphatic heterocycles. The van der Waals surface area contributed by atoms with Crippen molar-refractivity contribution in [1.29, 1.82) is 0 Å². The topological polar surface area (TPSA) is 100 Å². The van der Waals surface area contributed by atoms with Gasteiger partial charge in [-0.25, -0.2) is 13.4 Å². The Balaban J connectivity index is 1.35. The zero-order chi connectivity index (χ0) is 22.1. The third kappa shape index (κ3) is 8.07. The number of hydrogen-bond donors (Lipinski definition) is 3. The maximum Gasteiger partial charge on any atom is 0.263 e. The Hall–Kier alpha value is -1.68. The molecule has 31 heavy (non-hydrogen) atoms.